The highest BCUT2D eigenvalue weighted by Gasteiger charge is 1.92. The van der Waals surface area contributed by atoms with E-state index in [2.05, 4.69) is 31.2 Å². The molecule has 24 heavy (non-hydrogen) atoms. The lowest BCUT2D eigenvalue weighted by Crippen LogP contribution is -1.99. The number of esters is 1. The number of aliphatic carboxylic acids is 1. The zero-order chi connectivity index (χ0) is 18.5. The Hall–Kier alpha value is -1.58. The Morgan fingerprint density at radius 3 is 1.83 bits per heavy atom. The van der Waals surface area contributed by atoms with Crippen molar-refractivity contribution >= 4 is 11.9 Å². The Morgan fingerprint density at radius 1 is 0.833 bits per heavy atom. The summed E-state index contributed by atoms with van der Waals surface area (Å²) >= 11 is 0. The van der Waals surface area contributed by atoms with E-state index in [0.29, 0.717) is 6.61 Å². The van der Waals surface area contributed by atoms with Gasteiger partial charge in [-0.3, -0.25) is 9.59 Å². The highest BCUT2D eigenvalue weighted by atomic mass is 16.5. The standard InChI is InChI=1S/C18H32O2.C2H4O2/c1-3-4-5-6-7-8-9-10-11-12-13-14-15-16-17-20-18(2)19;1-2(3)4/h7-8,10-11H,3-6,9,12-17H2,1-2H3;1H3,(H,3,4)/b8-7-,11-10-;. The van der Waals surface area contributed by atoms with E-state index < -0.39 is 5.97 Å². The molecule has 0 bridgehead atoms. The Labute approximate surface area is 148 Å². The van der Waals surface area contributed by atoms with Crippen molar-refractivity contribution in [3.63, 3.8) is 0 Å². The van der Waals surface area contributed by atoms with E-state index in [0.717, 1.165) is 32.6 Å². The lowest BCUT2D eigenvalue weighted by Gasteiger charge is -2.00. The first-order chi connectivity index (χ1) is 11.5. The molecule has 0 aromatic rings. The van der Waals surface area contributed by atoms with Crippen molar-refractivity contribution in [2.45, 2.75) is 85.0 Å². The number of hydrogen-bond acceptors (Lipinski definition) is 3. The van der Waals surface area contributed by atoms with Crippen LogP contribution >= 0.6 is 0 Å². The molecule has 0 aliphatic rings. The molecule has 0 fully saturated rings. The quantitative estimate of drug-likeness (QED) is 0.266. The molecule has 0 heterocycles. The van der Waals surface area contributed by atoms with Crippen LogP contribution in [0.15, 0.2) is 24.3 Å². The summed E-state index contributed by atoms with van der Waals surface area (Å²) in [4.78, 5) is 19.5. The monoisotopic (exact) mass is 340 g/mol. The van der Waals surface area contributed by atoms with Gasteiger partial charge in [-0.15, -0.1) is 0 Å². The van der Waals surface area contributed by atoms with Crippen LogP contribution in [0.2, 0.25) is 0 Å². The average Bonchev–Trinajstić information content (AvgIpc) is 2.50. The minimum absolute atomic E-state index is 0.171. The molecule has 140 valence electrons. The van der Waals surface area contributed by atoms with E-state index in [1.54, 1.807) is 0 Å². The molecule has 0 amide bonds. The number of rotatable bonds is 13. The Morgan fingerprint density at radius 2 is 1.33 bits per heavy atom. The largest absolute Gasteiger partial charge is 0.481 e. The highest BCUT2D eigenvalue weighted by molar-refractivity contribution is 5.65. The summed E-state index contributed by atoms with van der Waals surface area (Å²) in [5, 5.41) is 7.42. The van der Waals surface area contributed by atoms with Gasteiger partial charge in [0.05, 0.1) is 6.61 Å². The van der Waals surface area contributed by atoms with Crippen molar-refractivity contribution < 1.29 is 19.4 Å². The van der Waals surface area contributed by atoms with Crippen molar-refractivity contribution in [1.29, 1.82) is 0 Å². The van der Waals surface area contributed by atoms with Gasteiger partial charge in [0.2, 0.25) is 0 Å². The second-order valence-electron chi connectivity index (χ2n) is 5.74. The molecular formula is C20H36O4. The van der Waals surface area contributed by atoms with Gasteiger partial charge in [0.15, 0.2) is 0 Å². The predicted molar refractivity (Wildman–Crippen MR) is 100 cm³/mol. The second-order valence-corrected chi connectivity index (χ2v) is 5.74. The highest BCUT2D eigenvalue weighted by Crippen LogP contribution is 2.05. The summed E-state index contributed by atoms with van der Waals surface area (Å²) in [5.74, 6) is -1.00. The summed E-state index contributed by atoms with van der Waals surface area (Å²) < 4.78 is 4.89. The van der Waals surface area contributed by atoms with Crippen LogP contribution in [0.25, 0.3) is 0 Å². The zero-order valence-electron chi connectivity index (χ0n) is 15.8. The third-order valence-electron chi connectivity index (χ3n) is 3.15. The average molecular weight is 341 g/mol. The van der Waals surface area contributed by atoms with Gasteiger partial charge in [-0.1, -0.05) is 56.9 Å². The maximum atomic E-state index is 10.5. The van der Waals surface area contributed by atoms with E-state index in [-0.39, 0.29) is 5.97 Å². The van der Waals surface area contributed by atoms with Crippen molar-refractivity contribution in [2.24, 2.45) is 0 Å². The van der Waals surface area contributed by atoms with Crippen molar-refractivity contribution in [1.82, 2.24) is 0 Å². The molecular weight excluding hydrogens is 304 g/mol. The van der Waals surface area contributed by atoms with Gasteiger partial charge >= 0.3 is 5.97 Å². The van der Waals surface area contributed by atoms with Gasteiger partial charge < -0.3 is 9.84 Å². The summed E-state index contributed by atoms with van der Waals surface area (Å²) in [7, 11) is 0. The van der Waals surface area contributed by atoms with Crippen molar-refractivity contribution in [3.05, 3.63) is 24.3 Å². The third kappa shape index (κ3) is 32.4. The maximum Gasteiger partial charge on any atom is 0.302 e. The SMILES string of the molecule is CC(=O)O.CCCCC/C=C\C/C=C\CCCCCCOC(C)=O. The molecule has 4 heteroatoms. The van der Waals surface area contributed by atoms with Crippen molar-refractivity contribution in [2.75, 3.05) is 6.61 Å². The number of carbonyl (C=O) groups is 2. The van der Waals surface area contributed by atoms with Crippen LogP contribution in [0.4, 0.5) is 0 Å². The van der Waals surface area contributed by atoms with E-state index in [9.17, 15) is 4.79 Å². The lowest BCUT2D eigenvalue weighted by atomic mass is 10.1. The Bertz CT molecular complexity index is 342. The number of allylic oxidation sites excluding steroid dienone is 4. The number of carboxylic acids is 1. The van der Waals surface area contributed by atoms with Crippen LogP contribution in [0.5, 0.6) is 0 Å². The van der Waals surface area contributed by atoms with Crippen LogP contribution in [0.3, 0.4) is 0 Å². The van der Waals surface area contributed by atoms with Crippen LogP contribution in [-0.4, -0.2) is 23.7 Å². The van der Waals surface area contributed by atoms with Gasteiger partial charge in [-0.25, -0.2) is 0 Å². The van der Waals surface area contributed by atoms with Crippen LogP contribution in [0.1, 0.15) is 85.0 Å². The molecule has 0 aliphatic heterocycles. The molecule has 0 rings (SSSR count). The molecule has 0 unspecified atom stereocenters. The molecule has 0 saturated heterocycles. The number of carbonyl (C=O) groups excluding carboxylic acids is 1. The van der Waals surface area contributed by atoms with Crippen molar-refractivity contribution in [3.8, 4) is 0 Å². The minimum Gasteiger partial charge on any atom is -0.481 e. The molecule has 0 spiro atoms. The number of unbranched alkanes of at least 4 members (excludes halogenated alkanes) is 7. The topological polar surface area (TPSA) is 63.6 Å². The summed E-state index contributed by atoms with van der Waals surface area (Å²) in [6.45, 7) is 5.36. The fourth-order valence-electron chi connectivity index (χ4n) is 1.95. The lowest BCUT2D eigenvalue weighted by molar-refractivity contribution is -0.141. The first kappa shape index (κ1) is 24.7. The summed E-state index contributed by atoms with van der Waals surface area (Å²) in [6, 6.07) is 0. The van der Waals surface area contributed by atoms with Gasteiger partial charge in [0, 0.05) is 13.8 Å². The smallest absolute Gasteiger partial charge is 0.302 e. The van der Waals surface area contributed by atoms with Crippen LogP contribution in [-0.2, 0) is 14.3 Å². The molecule has 0 radical (unpaired) electrons. The number of hydrogen-bond donors (Lipinski definition) is 1. The Balaban J connectivity index is 0. The van der Waals surface area contributed by atoms with Crippen LogP contribution in [0, 0.1) is 0 Å². The Kier molecular flexibility index (Phi) is 22.0. The second kappa shape index (κ2) is 21.4. The normalized spacial score (nSPS) is 10.6. The third-order valence-corrected chi connectivity index (χ3v) is 3.15. The molecule has 0 aromatic heterocycles. The van der Waals surface area contributed by atoms with E-state index in [4.69, 9.17) is 14.6 Å². The first-order valence-corrected chi connectivity index (χ1v) is 9.13. The predicted octanol–water partition coefficient (Wildman–Crippen LogP) is 5.67. The molecule has 0 aliphatic carbocycles. The van der Waals surface area contributed by atoms with E-state index in [1.165, 1.54) is 45.4 Å². The molecule has 0 saturated carbocycles. The molecule has 0 aromatic carbocycles. The fourth-order valence-corrected chi connectivity index (χ4v) is 1.95. The summed E-state index contributed by atoms with van der Waals surface area (Å²) in [5.41, 5.74) is 0. The first-order valence-electron chi connectivity index (χ1n) is 9.13. The fraction of sp³-hybridized carbons (Fsp3) is 0.700. The van der Waals surface area contributed by atoms with Crippen LogP contribution < -0.4 is 0 Å². The van der Waals surface area contributed by atoms with Gasteiger partial charge in [-0.2, -0.15) is 0 Å². The van der Waals surface area contributed by atoms with Gasteiger partial charge in [0.1, 0.15) is 0 Å². The molecule has 1 N–H and O–H groups in total. The number of carboxylic acid groups (broad SMARTS) is 1. The molecule has 4 nitrogen and oxygen atoms in total. The van der Waals surface area contributed by atoms with Gasteiger partial charge in [-0.05, 0) is 38.5 Å². The number of ether oxygens (including phenoxy) is 1. The van der Waals surface area contributed by atoms with Gasteiger partial charge in [0.25, 0.3) is 5.97 Å². The summed E-state index contributed by atoms with van der Waals surface area (Å²) in [6.07, 6.45) is 21.1. The maximum absolute atomic E-state index is 10.5. The zero-order valence-corrected chi connectivity index (χ0v) is 15.8. The minimum atomic E-state index is -0.833. The van der Waals surface area contributed by atoms with E-state index >= 15 is 0 Å². The van der Waals surface area contributed by atoms with E-state index in [1.807, 2.05) is 0 Å². The molecule has 0 atom stereocenters.